The molecular formula is C25H24N4O. The van der Waals surface area contributed by atoms with E-state index in [1.165, 1.54) is 5.56 Å². The first-order chi connectivity index (χ1) is 14.7. The molecule has 1 aliphatic heterocycles. The first-order valence-electron chi connectivity index (χ1n) is 10.1. The minimum absolute atomic E-state index is 0.0555. The van der Waals surface area contributed by atoms with Gasteiger partial charge in [-0.15, -0.1) is 0 Å². The van der Waals surface area contributed by atoms with Crippen LogP contribution in [0.4, 0.5) is 5.82 Å². The molecule has 30 heavy (non-hydrogen) atoms. The van der Waals surface area contributed by atoms with Crippen LogP contribution in [-0.4, -0.2) is 47.0 Å². The lowest BCUT2D eigenvalue weighted by molar-refractivity contribution is 0.0746. The maximum Gasteiger partial charge on any atom is 0.254 e. The fraction of sp³-hybridized carbons (Fsp3) is 0.240. The summed E-state index contributed by atoms with van der Waals surface area (Å²) in [6.45, 7) is 4.86. The van der Waals surface area contributed by atoms with E-state index < -0.39 is 0 Å². The molecule has 0 spiro atoms. The minimum Gasteiger partial charge on any atom is -0.352 e. The van der Waals surface area contributed by atoms with Gasteiger partial charge in [0.1, 0.15) is 5.82 Å². The molecule has 5 heteroatoms. The van der Waals surface area contributed by atoms with Crippen LogP contribution in [0.1, 0.15) is 27.0 Å². The Bertz CT molecular complexity index is 1060. The molecule has 1 aromatic heterocycles. The summed E-state index contributed by atoms with van der Waals surface area (Å²) in [6, 6.07) is 16.0. The highest BCUT2D eigenvalue weighted by molar-refractivity contribution is 5.95. The van der Waals surface area contributed by atoms with Gasteiger partial charge < -0.3 is 9.80 Å². The molecule has 0 aliphatic carbocycles. The van der Waals surface area contributed by atoms with Gasteiger partial charge >= 0.3 is 0 Å². The van der Waals surface area contributed by atoms with Crippen molar-refractivity contribution in [1.82, 2.24) is 14.9 Å². The molecule has 4 rings (SSSR count). The van der Waals surface area contributed by atoms with E-state index >= 15 is 0 Å². The number of amides is 1. The van der Waals surface area contributed by atoms with Crippen LogP contribution >= 0.6 is 0 Å². The molecule has 3 aromatic rings. The zero-order valence-corrected chi connectivity index (χ0v) is 17.1. The topological polar surface area (TPSA) is 49.3 Å². The standard InChI is InChI=1S/C25H24N4O/c1-20-10-11-23(18-22(20)9-5-8-21-6-3-2-4-7-21)25(30)29-16-14-28(15-17-29)24-19-26-12-13-27-24/h2-4,6-7,10-13,18-19H,8,14-17H2,1H3. The van der Waals surface area contributed by atoms with Gasteiger partial charge in [-0.05, 0) is 30.2 Å². The molecule has 2 heterocycles. The van der Waals surface area contributed by atoms with Crippen molar-refractivity contribution in [1.29, 1.82) is 0 Å². The highest BCUT2D eigenvalue weighted by atomic mass is 16.2. The predicted molar refractivity (Wildman–Crippen MR) is 118 cm³/mol. The number of aryl methyl sites for hydroxylation is 1. The van der Waals surface area contributed by atoms with Crippen LogP contribution in [0, 0.1) is 18.8 Å². The summed E-state index contributed by atoms with van der Waals surface area (Å²) in [6.07, 6.45) is 5.82. The molecule has 1 fully saturated rings. The summed E-state index contributed by atoms with van der Waals surface area (Å²) in [4.78, 5) is 25.6. The highest BCUT2D eigenvalue weighted by Crippen LogP contribution is 2.16. The molecule has 1 aliphatic rings. The van der Waals surface area contributed by atoms with Gasteiger partial charge in [0.05, 0.1) is 6.20 Å². The van der Waals surface area contributed by atoms with E-state index in [-0.39, 0.29) is 5.91 Å². The number of hydrogen-bond acceptors (Lipinski definition) is 4. The van der Waals surface area contributed by atoms with Crippen molar-refractivity contribution in [3.05, 3.63) is 89.4 Å². The lowest BCUT2D eigenvalue weighted by atomic mass is 10.0. The molecule has 2 aromatic carbocycles. The fourth-order valence-electron chi connectivity index (χ4n) is 3.50. The van der Waals surface area contributed by atoms with Crippen molar-refractivity contribution in [2.45, 2.75) is 13.3 Å². The average Bonchev–Trinajstić information content (AvgIpc) is 2.81. The summed E-state index contributed by atoms with van der Waals surface area (Å²) in [7, 11) is 0. The minimum atomic E-state index is 0.0555. The highest BCUT2D eigenvalue weighted by Gasteiger charge is 2.23. The second-order valence-corrected chi connectivity index (χ2v) is 7.34. The third-order valence-electron chi connectivity index (χ3n) is 5.28. The van der Waals surface area contributed by atoms with Gasteiger partial charge in [0, 0.05) is 56.1 Å². The zero-order chi connectivity index (χ0) is 20.8. The molecule has 0 bridgehead atoms. The number of aromatic nitrogens is 2. The van der Waals surface area contributed by atoms with Gasteiger partial charge in [-0.25, -0.2) is 4.98 Å². The van der Waals surface area contributed by atoms with E-state index in [2.05, 4.69) is 38.8 Å². The van der Waals surface area contributed by atoms with Crippen molar-refractivity contribution in [2.24, 2.45) is 0 Å². The van der Waals surface area contributed by atoms with Crippen LogP contribution < -0.4 is 4.90 Å². The number of nitrogens with zero attached hydrogens (tertiary/aromatic N) is 4. The van der Waals surface area contributed by atoms with Gasteiger partial charge in [-0.3, -0.25) is 9.78 Å². The van der Waals surface area contributed by atoms with Crippen molar-refractivity contribution in [2.75, 3.05) is 31.1 Å². The smallest absolute Gasteiger partial charge is 0.254 e. The van der Waals surface area contributed by atoms with Crippen molar-refractivity contribution in [3.8, 4) is 11.8 Å². The van der Waals surface area contributed by atoms with Crippen molar-refractivity contribution < 1.29 is 4.79 Å². The predicted octanol–water partition coefficient (Wildman–Crippen LogP) is 3.34. The SMILES string of the molecule is Cc1ccc(C(=O)N2CCN(c3cnccn3)CC2)cc1C#CCc1ccccc1. The van der Waals surface area contributed by atoms with Gasteiger partial charge in [-0.2, -0.15) is 0 Å². The molecule has 1 amide bonds. The van der Waals surface area contributed by atoms with Crippen LogP contribution in [-0.2, 0) is 6.42 Å². The zero-order valence-electron chi connectivity index (χ0n) is 17.1. The number of carbonyl (C=O) groups is 1. The molecule has 0 saturated carbocycles. The van der Waals surface area contributed by atoms with E-state index in [9.17, 15) is 4.79 Å². The number of carbonyl (C=O) groups excluding carboxylic acids is 1. The van der Waals surface area contributed by atoms with E-state index in [0.717, 1.165) is 30.0 Å². The molecular weight excluding hydrogens is 372 g/mol. The molecule has 0 unspecified atom stereocenters. The van der Waals surface area contributed by atoms with Crippen LogP contribution in [0.2, 0.25) is 0 Å². The Morgan fingerprint density at radius 3 is 2.57 bits per heavy atom. The maximum absolute atomic E-state index is 13.0. The quantitative estimate of drug-likeness (QED) is 0.637. The molecule has 0 atom stereocenters. The Labute approximate surface area is 177 Å². The molecule has 1 saturated heterocycles. The lowest BCUT2D eigenvalue weighted by Crippen LogP contribution is -2.49. The summed E-state index contributed by atoms with van der Waals surface area (Å²) < 4.78 is 0. The summed E-state index contributed by atoms with van der Waals surface area (Å²) in [5.74, 6) is 7.39. The van der Waals surface area contributed by atoms with E-state index in [1.54, 1.807) is 18.6 Å². The monoisotopic (exact) mass is 396 g/mol. The first-order valence-corrected chi connectivity index (χ1v) is 10.1. The molecule has 5 nitrogen and oxygen atoms in total. The third-order valence-corrected chi connectivity index (χ3v) is 5.28. The number of piperazine rings is 1. The Morgan fingerprint density at radius 2 is 1.83 bits per heavy atom. The molecule has 0 N–H and O–H groups in total. The van der Waals surface area contributed by atoms with Gasteiger partial charge in [-0.1, -0.05) is 48.2 Å². The maximum atomic E-state index is 13.0. The second kappa shape index (κ2) is 9.23. The number of benzene rings is 2. The summed E-state index contributed by atoms with van der Waals surface area (Å²) in [5.41, 5.74) is 3.88. The van der Waals surface area contributed by atoms with Crippen molar-refractivity contribution in [3.63, 3.8) is 0 Å². The number of anilines is 1. The van der Waals surface area contributed by atoms with Gasteiger partial charge in [0.25, 0.3) is 5.91 Å². The average molecular weight is 396 g/mol. The Hall–Kier alpha value is -3.65. The van der Waals surface area contributed by atoms with Crippen LogP contribution in [0.15, 0.2) is 67.1 Å². The van der Waals surface area contributed by atoms with Crippen LogP contribution in [0.25, 0.3) is 0 Å². The number of hydrogen-bond donors (Lipinski definition) is 0. The Morgan fingerprint density at radius 1 is 1.03 bits per heavy atom. The van der Waals surface area contributed by atoms with Gasteiger partial charge in [0.15, 0.2) is 0 Å². The van der Waals surface area contributed by atoms with Crippen molar-refractivity contribution >= 4 is 11.7 Å². The Kier molecular flexibility index (Phi) is 6.05. The van der Waals surface area contributed by atoms with E-state index in [1.807, 2.05) is 48.2 Å². The van der Waals surface area contributed by atoms with Gasteiger partial charge in [0.2, 0.25) is 0 Å². The second-order valence-electron chi connectivity index (χ2n) is 7.34. The lowest BCUT2D eigenvalue weighted by Gasteiger charge is -2.35. The van der Waals surface area contributed by atoms with E-state index in [4.69, 9.17) is 0 Å². The summed E-state index contributed by atoms with van der Waals surface area (Å²) in [5, 5.41) is 0. The van der Waals surface area contributed by atoms with E-state index in [0.29, 0.717) is 25.1 Å². The third kappa shape index (κ3) is 4.66. The molecule has 0 radical (unpaired) electrons. The van der Waals surface area contributed by atoms with Crippen LogP contribution in [0.3, 0.4) is 0 Å². The largest absolute Gasteiger partial charge is 0.352 e. The molecule has 150 valence electrons. The normalized spacial score (nSPS) is 13.5. The number of rotatable bonds is 3. The summed E-state index contributed by atoms with van der Waals surface area (Å²) >= 11 is 0. The Balaban J connectivity index is 1.42. The fourth-order valence-corrected chi connectivity index (χ4v) is 3.50. The first kappa shape index (κ1) is 19.7. The van der Waals surface area contributed by atoms with Crippen LogP contribution in [0.5, 0.6) is 0 Å².